The van der Waals surface area contributed by atoms with E-state index >= 15 is 0 Å². The summed E-state index contributed by atoms with van der Waals surface area (Å²) in [6.07, 6.45) is 4.41. The van der Waals surface area contributed by atoms with E-state index in [1.807, 2.05) is 43.6 Å². The third-order valence-corrected chi connectivity index (χ3v) is 2.51. The minimum atomic E-state index is 0.593. The van der Waals surface area contributed by atoms with Crippen molar-refractivity contribution in [2.75, 3.05) is 13.7 Å². The number of rotatable bonds is 6. The van der Waals surface area contributed by atoms with Crippen LogP contribution in [0, 0.1) is 0 Å². The minimum Gasteiger partial charge on any atom is -0.477 e. The molecule has 4 heteroatoms. The van der Waals surface area contributed by atoms with Gasteiger partial charge in [-0.1, -0.05) is 12.1 Å². The molecule has 18 heavy (non-hydrogen) atoms. The molecule has 0 aliphatic carbocycles. The fourth-order valence-corrected chi connectivity index (χ4v) is 1.61. The van der Waals surface area contributed by atoms with Gasteiger partial charge < -0.3 is 10.1 Å². The largest absolute Gasteiger partial charge is 0.477 e. The number of hydrogen-bond donors (Lipinski definition) is 1. The van der Waals surface area contributed by atoms with Crippen LogP contribution in [0.2, 0.25) is 0 Å². The minimum absolute atomic E-state index is 0.593. The summed E-state index contributed by atoms with van der Waals surface area (Å²) < 4.78 is 5.57. The number of pyridine rings is 2. The first-order valence-electron chi connectivity index (χ1n) is 6.01. The van der Waals surface area contributed by atoms with E-state index in [2.05, 4.69) is 15.3 Å². The van der Waals surface area contributed by atoms with E-state index in [0.717, 1.165) is 24.2 Å². The molecule has 0 unspecified atom stereocenters. The Morgan fingerprint density at radius 1 is 1.17 bits per heavy atom. The van der Waals surface area contributed by atoms with Gasteiger partial charge in [0.15, 0.2) is 0 Å². The number of hydrogen-bond acceptors (Lipinski definition) is 4. The summed E-state index contributed by atoms with van der Waals surface area (Å²) in [5.74, 6) is 0.658. The van der Waals surface area contributed by atoms with Gasteiger partial charge in [0.2, 0.25) is 5.88 Å². The van der Waals surface area contributed by atoms with Gasteiger partial charge in [-0.05, 0) is 24.7 Å². The molecular formula is C14H17N3O. The van der Waals surface area contributed by atoms with Crippen molar-refractivity contribution in [1.82, 2.24) is 15.3 Å². The third kappa shape index (κ3) is 3.82. The van der Waals surface area contributed by atoms with Gasteiger partial charge in [0.05, 0.1) is 6.61 Å². The lowest BCUT2D eigenvalue weighted by molar-refractivity contribution is 0.308. The van der Waals surface area contributed by atoms with E-state index in [9.17, 15) is 0 Å². The Balaban J connectivity index is 1.80. The van der Waals surface area contributed by atoms with Crippen molar-refractivity contribution in [3.8, 4) is 5.88 Å². The van der Waals surface area contributed by atoms with Crippen molar-refractivity contribution in [3.05, 3.63) is 54.0 Å². The molecule has 0 aliphatic heterocycles. The lowest BCUT2D eigenvalue weighted by Gasteiger charge is -2.05. The van der Waals surface area contributed by atoms with Crippen molar-refractivity contribution in [2.45, 2.75) is 13.0 Å². The second kappa shape index (κ2) is 6.71. The first-order chi connectivity index (χ1) is 8.88. The number of aromatic nitrogens is 2. The van der Waals surface area contributed by atoms with Crippen molar-refractivity contribution in [3.63, 3.8) is 0 Å². The molecule has 2 heterocycles. The van der Waals surface area contributed by atoms with Crippen LogP contribution in [0.15, 0.2) is 42.7 Å². The molecule has 1 N–H and O–H groups in total. The van der Waals surface area contributed by atoms with Crippen LogP contribution in [0.25, 0.3) is 0 Å². The number of ether oxygens (including phenoxy) is 1. The summed E-state index contributed by atoms with van der Waals surface area (Å²) in [6, 6.07) is 9.79. The van der Waals surface area contributed by atoms with Crippen molar-refractivity contribution >= 4 is 0 Å². The molecule has 0 radical (unpaired) electrons. The van der Waals surface area contributed by atoms with Crippen LogP contribution in [-0.4, -0.2) is 23.6 Å². The first kappa shape index (κ1) is 12.5. The van der Waals surface area contributed by atoms with E-state index in [1.54, 1.807) is 6.20 Å². The SMILES string of the molecule is CNCc1ccc(OCCc2ccccn2)nc1. The maximum atomic E-state index is 5.57. The molecule has 0 spiro atoms. The van der Waals surface area contributed by atoms with Gasteiger partial charge in [0.25, 0.3) is 0 Å². The number of nitrogens with zero attached hydrogens (tertiary/aromatic N) is 2. The predicted octanol–water partition coefficient (Wildman–Crippen LogP) is 1.82. The topological polar surface area (TPSA) is 47.0 Å². The smallest absolute Gasteiger partial charge is 0.213 e. The zero-order chi connectivity index (χ0) is 12.6. The molecule has 2 aromatic rings. The van der Waals surface area contributed by atoms with Gasteiger partial charge in [-0.15, -0.1) is 0 Å². The molecule has 2 rings (SSSR count). The van der Waals surface area contributed by atoms with E-state index in [0.29, 0.717) is 12.5 Å². The fourth-order valence-electron chi connectivity index (χ4n) is 1.61. The number of nitrogens with one attached hydrogen (secondary N) is 1. The second-order valence-electron chi connectivity index (χ2n) is 3.95. The van der Waals surface area contributed by atoms with Gasteiger partial charge in [-0.3, -0.25) is 4.98 Å². The highest BCUT2D eigenvalue weighted by Crippen LogP contribution is 2.08. The average Bonchev–Trinajstić information content (AvgIpc) is 2.42. The second-order valence-corrected chi connectivity index (χ2v) is 3.95. The van der Waals surface area contributed by atoms with E-state index < -0.39 is 0 Å². The lowest BCUT2D eigenvalue weighted by atomic mass is 10.3. The Morgan fingerprint density at radius 3 is 2.78 bits per heavy atom. The normalized spacial score (nSPS) is 10.3. The summed E-state index contributed by atoms with van der Waals surface area (Å²) >= 11 is 0. The highest BCUT2D eigenvalue weighted by molar-refractivity contribution is 5.17. The van der Waals surface area contributed by atoms with Gasteiger partial charge in [0, 0.05) is 37.1 Å². The molecule has 0 aliphatic rings. The zero-order valence-corrected chi connectivity index (χ0v) is 10.5. The molecule has 94 valence electrons. The van der Waals surface area contributed by atoms with Crippen LogP contribution >= 0.6 is 0 Å². The standard InChI is InChI=1S/C14H17N3O/c1-15-10-12-5-6-14(17-11-12)18-9-7-13-4-2-3-8-16-13/h2-6,8,11,15H,7,9-10H2,1H3. The highest BCUT2D eigenvalue weighted by atomic mass is 16.5. The van der Waals surface area contributed by atoms with Crippen molar-refractivity contribution in [2.24, 2.45) is 0 Å². The molecule has 0 aromatic carbocycles. The summed E-state index contributed by atoms with van der Waals surface area (Å²) in [4.78, 5) is 8.49. The molecule has 0 fully saturated rings. The Hall–Kier alpha value is -1.94. The van der Waals surface area contributed by atoms with E-state index in [4.69, 9.17) is 4.74 Å². The maximum Gasteiger partial charge on any atom is 0.213 e. The van der Waals surface area contributed by atoms with Gasteiger partial charge >= 0.3 is 0 Å². The fraction of sp³-hybridized carbons (Fsp3) is 0.286. The molecule has 0 saturated carbocycles. The molecule has 0 saturated heterocycles. The Morgan fingerprint density at radius 2 is 2.11 bits per heavy atom. The predicted molar refractivity (Wildman–Crippen MR) is 70.4 cm³/mol. The molecule has 0 atom stereocenters. The van der Waals surface area contributed by atoms with Crippen LogP contribution in [0.3, 0.4) is 0 Å². The molecule has 0 amide bonds. The van der Waals surface area contributed by atoms with Gasteiger partial charge in [0.1, 0.15) is 0 Å². The van der Waals surface area contributed by atoms with E-state index in [-0.39, 0.29) is 0 Å². The van der Waals surface area contributed by atoms with Crippen molar-refractivity contribution in [1.29, 1.82) is 0 Å². The molecule has 2 aromatic heterocycles. The van der Waals surface area contributed by atoms with Crippen LogP contribution in [0.4, 0.5) is 0 Å². The summed E-state index contributed by atoms with van der Waals surface area (Å²) in [6.45, 7) is 1.41. The van der Waals surface area contributed by atoms with Crippen LogP contribution < -0.4 is 10.1 Å². The molecular weight excluding hydrogens is 226 g/mol. The summed E-state index contributed by atoms with van der Waals surface area (Å²) in [5, 5.41) is 3.08. The van der Waals surface area contributed by atoms with Crippen LogP contribution in [-0.2, 0) is 13.0 Å². The first-order valence-corrected chi connectivity index (χ1v) is 6.01. The quantitative estimate of drug-likeness (QED) is 0.840. The Labute approximate surface area is 107 Å². The summed E-state index contributed by atoms with van der Waals surface area (Å²) in [7, 11) is 1.91. The Kier molecular flexibility index (Phi) is 4.67. The zero-order valence-electron chi connectivity index (χ0n) is 10.5. The highest BCUT2D eigenvalue weighted by Gasteiger charge is 1.98. The monoisotopic (exact) mass is 243 g/mol. The van der Waals surface area contributed by atoms with Crippen LogP contribution in [0.1, 0.15) is 11.3 Å². The maximum absolute atomic E-state index is 5.57. The molecule has 4 nitrogen and oxygen atoms in total. The van der Waals surface area contributed by atoms with Crippen molar-refractivity contribution < 1.29 is 4.74 Å². The molecule has 0 bridgehead atoms. The third-order valence-electron chi connectivity index (χ3n) is 2.51. The lowest BCUT2D eigenvalue weighted by Crippen LogP contribution is -2.06. The Bertz CT molecular complexity index is 456. The van der Waals surface area contributed by atoms with Crippen LogP contribution in [0.5, 0.6) is 5.88 Å². The van der Waals surface area contributed by atoms with Gasteiger partial charge in [-0.25, -0.2) is 4.98 Å². The average molecular weight is 243 g/mol. The van der Waals surface area contributed by atoms with E-state index in [1.165, 1.54) is 0 Å². The summed E-state index contributed by atoms with van der Waals surface area (Å²) in [5.41, 5.74) is 2.18. The van der Waals surface area contributed by atoms with Gasteiger partial charge in [-0.2, -0.15) is 0 Å².